The van der Waals surface area contributed by atoms with E-state index >= 15 is 0 Å². The second-order valence-electron chi connectivity index (χ2n) is 3.80. The number of carboxylic acid groups (broad SMARTS) is 1. The van der Waals surface area contributed by atoms with Crippen LogP contribution in [0, 0.1) is 0 Å². The molecule has 0 bridgehead atoms. The van der Waals surface area contributed by atoms with Crippen molar-refractivity contribution in [1.29, 1.82) is 0 Å². The molecule has 0 aliphatic carbocycles. The summed E-state index contributed by atoms with van der Waals surface area (Å²) in [5.41, 5.74) is -0.979. The second-order valence-corrected chi connectivity index (χ2v) is 3.80. The molecule has 0 fully saturated rings. The molecule has 0 aliphatic heterocycles. The molecular formula is C11H11F3O6. The third-order valence-corrected chi connectivity index (χ3v) is 2.35. The van der Waals surface area contributed by atoms with E-state index in [1.54, 1.807) is 0 Å². The Morgan fingerprint density at radius 2 is 1.90 bits per heavy atom. The van der Waals surface area contributed by atoms with E-state index in [2.05, 4.69) is 4.74 Å². The molecule has 4 N–H and O–H groups in total. The Morgan fingerprint density at radius 3 is 2.35 bits per heavy atom. The van der Waals surface area contributed by atoms with Gasteiger partial charge < -0.3 is 25.2 Å². The van der Waals surface area contributed by atoms with Gasteiger partial charge in [0.15, 0.2) is 0 Å². The van der Waals surface area contributed by atoms with Crippen LogP contribution in [0.2, 0.25) is 0 Å². The van der Waals surface area contributed by atoms with Crippen molar-refractivity contribution in [2.45, 2.75) is 18.6 Å². The van der Waals surface area contributed by atoms with Gasteiger partial charge in [-0.2, -0.15) is 0 Å². The summed E-state index contributed by atoms with van der Waals surface area (Å²) in [6.45, 7) is -0.822. The third kappa shape index (κ3) is 4.08. The van der Waals surface area contributed by atoms with Gasteiger partial charge in [0.2, 0.25) is 0 Å². The van der Waals surface area contributed by atoms with Crippen LogP contribution in [0.5, 0.6) is 5.75 Å². The molecule has 2 unspecified atom stereocenters. The number of hydrogen-bond donors (Lipinski definition) is 4. The van der Waals surface area contributed by atoms with E-state index in [1.807, 2.05) is 0 Å². The number of halogens is 3. The molecule has 0 aliphatic rings. The Morgan fingerprint density at radius 1 is 1.30 bits per heavy atom. The number of aromatic carboxylic acids is 1. The Hall–Kier alpha value is -1.84. The minimum atomic E-state index is -5.11. The van der Waals surface area contributed by atoms with Gasteiger partial charge in [0.25, 0.3) is 0 Å². The molecule has 0 saturated heterocycles. The molecule has 0 aromatic heterocycles. The molecule has 20 heavy (non-hydrogen) atoms. The monoisotopic (exact) mass is 296 g/mol. The van der Waals surface area contributed by atoms with Gasteiger partial charge in [0.1, 0.15) is 23.5 Å². The van der Waals surface area contributed by atoms with Crippen LogP contribution >= 0.6 is 0 Å². The summed E-state index contributed by atoms with van der Waals surface area (Å²) in [7, 11) is 0. The van der Waals surface area contributed by atoms with Crippen LogP contribution in [-0.2, 0) is 0 Å². The van der Waals surface area contributed by atoms with Crippen LogP contribution in [0.4, 0.5) is 13.2 Å². The summed E-state index contributed by atoms with van der Waals surface area (Å²) in [4.78, 5) is 10.8. The van der Waals surface area contributed by atoms with Crippen LogP contribution in [-0.4, -0.2) is 45.5 Å². The zero-order chi connectivity index (χ0) is 15.5. The minimum Gasteiger partial charge on any atom is -0.478 e. The quantitative estimate of drug-likeness (QED) is 0.636. The zero-order valence-electron chi connectivity index (χ0n) is 9.83. The topological polar surface area (TPSA) is 107 Å². The number of carbonyl (C=O) groups is 1. The lowest BCUT2D eigenvalue weighted by Crippen LogP contribution is -2.23. The first-order valence-electron chi connectivity index (χ1n) is 5.25. The first-order chi connectivity index (χ1) is 9.15. The van der Waals surface area contributed by atoms with E-state index in [0.717, 1.165) is 12.1 Å². The maximum atomic E-state index is 12.2. The molecule has 0 heterocycles. The predicted molar refractivity (Wildman–Crippen MR) is 58.1 cm³/mol. The van der Waals surface area contributed by atoms with Gasteiger partial charge in [0.05, 0.1) is 6.61 Å². The maximum absolute atomic E-state index is 12.2. The van der Waals surface area contributed by atoms with E-state index in [9.17, 15) is 28.2 Å². The van der Waals surface area contributed by atoms with Gasteiger partial charge >= 0.3 is 12.3 Å². The van der Waals surface area contributed by atoms with Crippen molar-refractivity contribution in [3.05, 3.63) is 29.3 Å². The van der Waals surface area contributed by atoms with Crippen molar-refractivity contribution < 1.29 is 43.1 Å². The number of hydrogen-bond acceptors (Lipinski definition) is 5. The number of rotatable bonds is 5. The Bertz CT molecular complexity index is 488. The number of aliphatic hydroxyl groups is 3. The lowest BCUT2D eigenvalue weighted by Gasteiger charge is -2.18. The van der Waals surface area contributed by atoms with Crippen LogP contribution in [0.15, 0.2) is 18.2 Å². The number of ether oxygens (including phenoxy) is 1. The highest BCUT2D eigenvalue weighted by atomic mass is 19.4. The molecule has 1 rings (SSSR count). The van der Waals surface area contributed by atoms with Gasteiger partial charge in [-0.3, -0.25) is 0 Å². The second kappa shape index (κ2) is 6.07. The van der Waals surface area contributed by atoms with Crippen molar-refractivity contribution in [3.63, 3.8) is 0 Å². The van der Waals surface area contributed by atoms with Gasteiger partial charge in [-0.25, -0.2) is 4.79 Å². The zero-order valence-corrected chi connectivity index (χ0v) is 9.83. The molecule has 0 amide bonds. The molecule has 0 saturated carbocycles. The Labute approximate surface area is 110 Å². The largest absolute Gasteiger partial charge is 0.573 e. The number of aliphatic hydroxyl groups excluding tert-OH is 3. The fourth-order valence-electron chi connectivity index (χ4n) is 1.43. The maximum Gasteiger partial charge on any atom is 0.573 e. The van der Waals surface area contributed by atoms with Crippen LogP contribution in [0.25, 0.3) is 0 Å². The van der Waals surface area contributed by atoms with Gasteiger partial charge in [-0.15, -0.1) is 13.2 Å². The molecular weight excluding hydrogens is 285 g/mol. The summed E-state index contributed by atoms with van der Waals surface area (Å²) in [6.07, 6.45) is -8.41. The smallest absolute Gasteiger partial charge is 0.478 e. The fourth-order valence-corrected chi connectivity index (χ4v) is 1.43. The molecule has 0 radical (unpaired) electrons. The Balaban J connectivity index is 3.20. The summed E-state index contributed by atoms with van der Waals surface area (Å²) >= 11 is 0. The predicted octanol–water partition coefficient (Wildman–Crippen LogP) is 0.670. The summed E-state index contributed by atoms with van der Waals surface area (Å²) in [5, 5.41) is 36.1. The molecule has 9 heteroatoms. The molecule has 2 atom stereocenters. The molecule has 112 valence electrons. The lowest BCUT2D eigenvalue weighted by atomic mass is 10.0. The van der Waals surface area contributed by atoms with E-state index in [4.69, 9.17) is 10.2 Å². The standard InChI is InChI=1S/C11H11F3O6/c12-11(13,14)20-8-3-5(9(17)7(16)4-15)1-2-6(8)10(18)19/h1-3,7,9,15-17H,4H2,(H,18,19). The van der Waals surface area contributed by atoms with E-state index in [-0.39, 0.29) is 5.56 Å². The van der Waals surface area contributed by atoms with Crippen molar-refractivity contribution >= 4 is 5.97 Å². The van der Waals surface area contributed by atoms with Gasteiger partial charge in [0, 0.05) is 0 Å². The average Bonchev–Trinajstić information content (AvgIpc) is 2.34. The van der Waals surface area contributed by atoms with Gasteiger partial charge in [-0.05, 0) is 17.7 Å². The molecule has 1 aromatic carbocycles. The minimum absolute atomic E-state index is 0.226. The van der Waals surface area contributed by atoms with Crippen LogP contribution in [0.3, 0.4) is 0 Å². The third-order valence-electron chi connectivity index (χ3n) is 2.35. The molecule has 0 spiro atoms. The number of alkyl halides is 3. The average molecular weight is 296 g/mol. The first kappa shape index (κ1) is 16.2. The molecule has 1 aromatic rings. The highest BCUT2D eigenvalue weighted by molar-refractivity contribution is 5.91. The van der Waals surface area contributed by atoms with Crippen LogP contribution in [0.1, 0.15) is 22.0 Å². The van der Waals surface area contributed by atoms with Crippen LogP contribution < -0.4 is 4.74 Å². The number of benzene rings is 1. The normalized spacial score (nSPS) is 14.7. The summed E-state index contributed by atoms with van der Waals surface area (Å²) in [5.74, 6) is -2.67. The number of carboxylic acids is 1. The highest BCUT2D eigenvalue weighted by Crippen LogP contribution is 2.30. The van der Waals surface area contributed by atoms with Crippen molar-refractivity contribution in [1.82, 2.24) is 0 Å². The van der Waals surface area contributed by atoms with Gasteiger partial charge in [-0.1, -0.05) is 6.07 Å². The highest BCUT2D eigenvalue weighted by Gasteiger charge is 2.33. The van der Waals surface area contributed by atoms with Crippen molar-refractivity contribution in [3.8, 4) is 5.75 Å². The van der Waals surface area contributed by atoms with Crippen molar-refractivity contribution in [2.75, 3.05) is 6.61 Å². The Kier molecular flexibility index (Phi) is 4.93. The lowest BCUT2D eigenvalue weighted by molar-refractivity contribution is -0.274. The van der Waals surface area contributed by atoms with E-state index < -0.39 is 42.5 Å². The summed E-state index contributed by atoms with van der Waals surface area (Å²) in [6, 6.07) is 2.45. The van der Waals surface area contributed by atoms with E-state index in [0.29, 0.717) is 6.07 Å². The molecule has 6 nitrogen and oxygen atoms in total. The fraction of sp³-hybridized carbons (Fsp3) is 0.364. The van der Waals surface area contributed by atoms with Crippen molar-refractivity contribution in [2.24, 2.45) is 0 Å². The SMILES string of the molecule is O=C(O)c1ccc(C(O)C(O)CO)cc1OC(F)(F)F. The summed E-state index contributed by atoms with van der Waals surface area (Å²) < 4.78 is 40.1. The van der Waals surface area contributed by atoms with E-state index in [1.165, 1.54) is 0 Å². The first-order valence-corrected chi connectivity index (χ1v) is 5.25.